The minimum absolute atomic E-state index is 0.0643. The molecule has 1 aromatic carbocycles. The third-order valence-corrected chi connectivity index (χ3v) is 6.34. The number of nitrogens with zero attached hydrogens (tertiary/aromatic N) is 2. The summed E-state index contributed by atoms with van der Waals surface area (Å²) in [6, 6.07) is 10.7. The van der Waals surface area contributed by atoms with E-state index in [1.807, 2.05) is 18.2 Å². The highest BCUT2D eigenvalue weighted by molar-refractivity contribution is 7.16. The number of benzene rings is 1. The van der Waals surface area contributed by atoms with Crippen molar-refractivity contribution in [1.82, 2.24) is 15.3 Å². The Morgan fingerprint density at radius 3 is 2.94 bits per heavy atom. The van der Waals surface area contributed by atoms with Gasteiger partial charge in [0.2, 0.25) is 12.7 Å². The van der Waals surface area contributed by atoms with Crippen molar-refractivity contribution in [1.29, 1.82) is 0 Å². The summed E-state index contributed by atoms with van der Waals surface area (Å²) in [4.78, 5) is 35.4. The van der Waals surface area contributed by atoms with Gasteiger partial charge >= 0.3 is 0 Å². The van der Waals surface area contributed by atoms with Crippen LogP contribution >= 0.6 is 11.3 Å². The second-order valence-electron chi connectivity index (χ2n) is 7.33. The van der Waals surface area contributed by atoms with E-state index in [0.29, 0.717) is 28.7 Å². The molecule has 3 heterocycles. The molecule has 1 aliphatic carbocycles. The maximum absolute atomic E-state index is 12.8. The fraction of sp³-hybridized carbons (Fsp3) is 0.273. The molecule has 31 heavy (non-hydrogen) atoms. The Kier molecular flexibility index (Phi) is 5.25. The number of carbonyl (C=O) groups excluding carboxylic acids is 2. The molecule has 1 atom stereocenters. The van der Waals surface area contributed by atoms with Crippen molar-refractivity contribution in [2.75, 3.05) is 12.1 Å². The first-order valence-corrected chi connectivity index (χ1v) is 10.9. The van der Waals surface area contributed by atoms with E-state index in [1.165, 1.54) is 11.3 Å². The summed E-state index contributed by atoms with van der Waals surface area (Å²) in [5.74, 6) is 0.516. The van der Waals surface area contributed by atoms with Crippen LogP contribution < -0.4 is 20.1 Å². The molecule has 2 aromatic heterocycles. The Balaban J connectivity index is 1.28. The first-order chi connectivity index (χ1) is 15.2. The number of aromatic nitrogens is 2. The largest absolute Gasteiger partial charge is 0.454 e. The van der Waals surface area contributed by atoms with Crippen LogP contribution in [0.15, 0.2) is 42.6 Å². The molecular weight excluding hydrogens is 416 g/mol. The van der Waals surface area contributed by atoms with Gasteiger partial charge < -0.3 is 14.8 Å². The predicted octanol–water partition coefficient (Wildman–Crippen LogP) is 3.26. The van der Waals surface area contributed by atoms with Crippen LogP contribution in [0, 0.1) is 0 Å². The van der Waals surface area contributed by atoms with E-state index in [2.05, 4.69) is 20.6 Å². The quantitative estimate of drug-likeness (QED) is 0.637. The maximum atomic E-state index is 12.8. The van der Waals surface area contributed by atoms with Crippen molar-refractivity contribution in [3.05, 3.63) is 64.4 Å². The monoisotopic (exact) mass is 436 g/mol. The van der Waals surface area contributed by atoms with Crippen LogP contribution in [-0.4, -0.2) is 28.6 Å². The lowest BCUT2D eigenvalue weighted by Gasteiger charge is -2.20. The second-order valence-corrected chi connectivity index (χ2v) is 8.42. The average Bonchev–Trinajstić information content (AvgIpc) is 3.43. The van der Waals surface area contributed by atoms with Crippen LogP contribution in [0.5, 0.6) is 11.5 Å². The normalized spacial score (nSPS) is 16.5. The zero-order valence-electron chi connectivity index (χ0n) is 16.6. The summed E-state index contributed by atoms with van der Waals surface area (Å²) >= 11 is 1.43. The number of anilines is 1. The van der Waals surface area contributed by atoms with Crippen molar-refractivity contribution in [3.8, 4) is 11.5 Å². The van der Waals surface area contributed by atoms with E-state index in [1.54, 1.807) is 24.4 Å². The van der Waals surface area contributed by atoms with Gasteiger partial charge in [0.15, 0.2) is 16.6 Å². The summed E-state index contributed by atoms with van der Waals surface area (Å²) in [5, 5.41) is 6.31. The van der Waals surface area contributed by atoms with Gasteiger partial charge in [-0.15, -0.1) is 11.3 Å². The van der Waals surface area contributed by atoms with Gasteiger partial charge in [0.1, 0.15) is 0 Å². The number of aryl methyl sites for hydroxylation is 1. The van der Waals surface area contributed by atoms with Gasteiger partial charge in [0.05, 0.1) is 23.9 Å². The number of pyridine rings is 1. The van der Waals surface area contributed by atoms with Gasteiger partial charge in [-0.1, -0.05) is 6.07 Å². The molecule has 0 spiro atoms. The van der Waals surface area contributed by atoms with Gasteiger partial charge in [-0.05, 0) is 49.6 Å². The summed E-state index contributed by atoms with van der Waals surface area (Å²) in [5.41, 5.74) is 2.03. The van der Waals surface area contributed by atoms with Crippen LogP contribution in [-0.2, 0) is 17.8 Å². The molecule has 0 radical (unpaired) electrons. The molecule has 2 amide bonds. The summed E-state index contributed by atoms with van der Waals surface area (Å²) in [7, 11) is 0. The minimum Gasteiger partial charge on any atom is -0.454 e. The molecule has 8 nitrogen and oxygen atoms in total. The standard InChI is InChI=1S/C22H20N4O4S/c27-20(13-7-8-16-17(10-13)30-12-29-16)26-22-25-19-15(5-3-6-18(19)31-22)21(28)24-11-14-4-1-2-9-23-14/h1-2,4,7-10,15H,3,5-6,11-12H2,(H,24,28)(H,25,26,27)/t15-/m0/s1. The van der Waals surface area contributed by atoms with E-state index >= 15 is 0 Å². The van der Waals surface area contributed by atoms with Crippen molar-refractivity contribution >= 4 is 28.3 Å². The fourth-order valence-electron chi connectivity index (χ4n) is 3.74. The second kappa shape index (κ2) is 8.35. The fourth-order valence-corrected chi connectivity index (χ4v) is 4.80. The number of thiazole rings is 1. The molecule has 0 saturated carbocycles. The molecule has 1 aliphatic heterocycles. The maximum Gasteiger partial charge on any atom is 0.257 e. The Hall–Kier alpha value is -3.46. The van der Waals surface area contributed by atoms with Crippen LogP contribution in [0.2, 0.25) is 0 Å². The van der Waals surface area contributed by atoms with Crippen molar-refractivity contribution in [2.45, 2.75) is 31.7 Å². The third-order valence-electron chi connectivity index (χ3n) is 5.30. The molecular formula is C22H20N4O4S. The Labute approximate surface area is 182 Å². The number of fused-ring (bicyclic) bond motifs is 2. The van der Waals surface area contributed by atoms with Gasteiger partial charge in [0, 0.05) is 16.6 Å². The zero-order chi connectivity index (χ0) is 21.2. The Morgan fingerprint density at radius 1 is 1.16 bits per heavy atom. The van der Waals surface area contributed by atoms with E-state index in [9.17, 15) is 9.59 Å². The number of amides is 2. The van der Waals surface area contributed by atoms with Crippen LogP contribution in [0.25, 0.3) is 0 Å². The van der Waals surface area contributed by atoms with Crippen LogP contribution in [0.3, 0.4) is 0 Å². The number of hydrogen-bond acceptors (Lipinski definition) is 7. The van der Waals surface area contributed by atoms with E-state index < -0.39 is 0 Å². The topological polar surface area (TPSA) is 102 Å². The number of rotatable bonds is 5. The molecule has 2 aliphatic rings. The first-order valence-electron chi connectivity index (χ1n) is 10.1. The molecule has 5 rings (SSSR count). The van der Waals surface area contributed by atoms with Gasteiger partial charge in [-0.2, -0.15) is 0 Å². The molecule has 158 valence electrons. The summed E-state index contributed by atoms with van der Waals surface area (Å²) in [6.07, 6.45) is 4.21. The molecule has 2 N–H and O–H groups in total. The van der Waals surface area contributed by atoms with Gasteiger partial charge in [-0.3, -0.25) is 19.9 Å². The molecule has 0 unspecified atom stereocenters. The molecule has 0 bridgehead atoms. The van der Waals surface area contributed by atoms with Crippen molar-refractivity contribution in [2.24, 2.45) is 0 Å². The van der Waals surface area contributed by atoms with Gasteiger partial charge in [-0.25, -0.2) is 4.98 Å². The molecule has 0 fully saturated rings. The van der Waals surface area contributed by atoms with E-state index in [0.717, 1.165) is 35.5 Å². The van der Waals surface area contributed by atoms with Crippen molar-refractivity contribution in [3.63, 3.8) is 0 Å². The number of hydrogen-bond donors (Lipinski definition) is 2. The highest BCUT2D eigenvalue weighted by Gasteiger charge is 2.30. The smallest absolute Gasteiger partial charge is 0.257 e. The lowest BCUT2D eigenvalue weighted by molar-refractivity contribution is -0.123. The average molecular weight is 436 g/mol. The summed E-state index contributed by atoms with van der Waals surface area (Å²) in [6.45, 7) is 0.534. The van der Waals surface area contributed by atoms with Crippen molar-refractivity contribution < 1.29 is 19.1 Å². The van der Waals surface area contributed by atoms with Crippen LogP contribution in [0.4, 0.5) is 5.13 Å². The minimum atomic E-state index is -0.320. The Bertz CT molecular complexity index is 1130. The first kappa shape index (κ1) is 19.5. The number of ether oxygens (including phenoxy) is 2. The third kappa shape index (κ3) is 4.09. The predicted molar refractivity (Wildman–Crippen MR) is 114 cm³/mol. The van der Waals surface area contributed by atoms with Crippen LogP contribution in [0.1, 0.15) is 45.4 Å². The highest BCUT2D eigenvalue weighted by Crippen LogP contribution is 2.37. The number of carbonyl (C=O) groups is 2. The Morgan fingerprint density at radius 2 is 2.06 bits per heavy atom. The highest BCUT2D eigenvalue weighted by atomic mass is 32.1. The molecule has 3 aromatic rings. The van der Waals surface area contributed by atoms with Gasteiger partial charge in [0.25, 0.3) is 5.91 Å². The molecule has 0 saturated heterocycles. The molecule has 9 heteroatoms. The SMILES string of the molecule is O=C(Nc1nc2c(s1)CCC[C@@H]2C(=O)NCc1ccccn1)c1ccc2c(c1)OCO2. The zero-order valence-corrected chi connectivity index (χ0v) is 17.4. The van der Waals surface area contributed by atoms with E-state index in [-0.39, 0.29) is 24.5 Å². The summed E-state index contributed by atoms with van der Waals surface area (Å²) < 4.78 is 10.6. The number of nitrogens with one attached hydrogen (secondary N) is 2. The lowest BCUT2D eigenvalue weighted by Crippen LogP contribution is -2.31. The van der Waals surface area contributed by atoms with E-state index in [4.69, 9.17) is 9.47 Å². The lowest BCUT2D eigenvalue weighted by atomic mass is 9.90.